The molecule has 4 heteroatoms. The highest BCUT2D eigenvalue weighted by molar-refractivity contribution is 5.85. The summed E-state index contributed by atoms with van der Waals surface area (Å²) in [5.41, 5.74) is 6.98. The lowest BCUT2D eigenvalue weighted by molar-refractivity contribution is -0.133. The number of amides is 1. The number of nitrogens with zero attached hydrogens (tertiary/aromatic N) is 1. The van der Waals surface area contributed by atoms with Crippen LogP contribution in [0.1, 0.15) is 37.8 Å². The van der Waals surface area contributed by atoms with Crippen LogP contribution in [0.4, 0.5) is 0 Å². The van der Waals surface area contributed by atoms with E-state index >= 15 is 0 Å². The number of rotatable bonds is 6. The zero-order chi connectivity index (χ0) is 13.0. The molecule has 1 aliphatic carbocycles. The number of hydrogen-bond acceptors (Lipinski definition) is 2. The van der Waals surface area contributed by atoms with Gasteiger partial charge in [-0.25, -0.2) is 0 Å². The Balaban J connectivity index is 0.00000180. The molecule has 0 radical (unpaired) electrons. The third-order valence-corrected chi connectivity index (χ3v) is 3.41. The molecule has 1 saturated carbocycles. The minimum Gasteiger partial charge on any atom is -0.341 e. The van der Waals surface area contributed by atoms with Gasteiger partial charge in [-0.1, -0.05) is 37.3 Å². The molecule has 19 heavy (non-hydrogen) atoms. The summed E-state index contributed by atoms with van der Waals surface area (Å²) in [6.45, 7) is 3.80. The van der Waals surface area contributed by atoms with E-state index in [4.69, 9.17) is 5.73 Å². The molecule has 1 aromatic rings. The Morgan fingerprint density at radius 3 is 2.53 bits per heavy atom. The quantitative estimate of drug-likeness (QED) is 0.872. The first-order valence-corrected chi connectivity index (χ1v) is 6.81. The van der Waals surface area contributed by atoms with E-state index in [0.29, 0.717) is 5.92 Å². The van der Waals surface area contributed by atoms with E-state index in [1.54, 1.807) is 0 Å². The van der Waals surface area contributed by atoms with Gasteiger partial charge >= 0.3 is 0 Å². The molecule has 2 rings (SSSR count). The third-order valence-electron chi connectivity index (χ3n) is 3.41. The van der Waals surface area contributed by atoms with Gasteiger partial charge in [-0.15, -0.1) is 12.4 Å². The second-order valence-corrected chi connectivity index (χ2v) is 5.12. The van der Waals surface area contributed by atoms with Crippen molar-refractivity contribution >= 4 is 18.3 Å². The molecule has 0 bridgehead atoms. The standard InChI is InChI=1S/C15H22N2O.ClH/c1-2-10-17(11-12-8-9-12)15(18)14(16)13-6-4-3-5-7-13;/h3-7,12,14H,2,8-11,16H2,1H3;1H. The molecule has 1 aromatic carbocycles. The fourth-order valence-electron chi connectivity index (χ4n) is 2.17. The van der Waals surface area contributed by atoms with Crippen molar-refractivity contribution in [1.29, 1.82) is 0 Å². The SMILES string of the molecule is CCCN(CC1CC1)C(=O)C(N)c1ccccc1.Cl. The highest BCUT2D eigenvalue weighted by Gasteiger charge is 2.29. The van der Waals surface area contributed by atoms with Crippen molar-refractivity contribution in [3.63, 3.8) is 0 Å². The highest BCUT2D eigenvalue weighted by atomic mass is 35.5. The zero-order valence-electron chi connectivity index (χ0n) is 11.4. The summed E-state index contributed by atoms with van der Waals surface area (Å²) >= 11 is 0. The minimum atomic E-state index is -0.517. The van der Waals surface area contributed by atoms with Crippen LogP contribution in [-0.4, -0.2) is 23.9 Å². The Morgan fingerprint density at radius 1 is 1.37 bits per heavy atom. The summed E-state index contributed by atoms with van der Waals surface area (Å²) in [6, 6.07) is 9.11. The second kappa shape index (κ2) is 7.51. The Labute approximate surface area is 121 Å². The topological polar surface area (TPSA) is 46.3 Å². The van der Waals surface area contributed by atoms with Gasteiger partial charge in [-0.05, 0) is 30.7 Å². The minimum absolute atomic E-state index is 0. The van der Waals surface area contributed by atoms with E-state index < -0.39 is 6.04 Å². The van der Waals surface area contributed by atoms with Crippen LogP contribution in [0.15, 0.2) is 30.3 Å². The first-order chi connectivity index (χ1) is 8.72. The lowest BCUT2D eigenvalue weighted by Crippen LogP contribution is -2.40. The van der Waals surface area contributed by atoms with Crippen molar-refractivity contribution in [3.05, 3.63) is 35.9 Å². The molecule has 0 heterocycles. The van der Waals surface area contributed by atoms with Gasteiger partial charge in [0.2, 0.25) is 5.91 Å². The van der Waals surface area contributed by atoms with E-state index in [2.05, 4.69) is 6.92 Å². The zero-order valence-corrected chi connectivity index (χ0v) is 12.2. The maximum absolute atomic E-state index is 12.4. The van der Waals surface area contributed by atoms with E-state index in [-0.39, 0.29) is 18.3 Å². The second-order valence-electron chi connectivity index (χ2n) is 5.12. The Kier molecular flexibility index (Phi) is 6.32. The van der Waals surface area contributed by atoms with Gasteiger partial charge in [0.25, 0.3) is 0 Å². The molecule has 1 unspecified atom stereocenters. The molecule has 0 aliphatic heterocycles. The van der Waals surface area contributed by atoms with E-state index in [1.165, 1.54) is 12.8 Å². The van der Waals surface area contributed by atoms with Crippen LogP contribution in [0.3, 0.4) is 0 Å². The Morgan fingerprint density at radius 2 is 2.00 bits per heavy atom. The molecule has 0 aromatic heterocycles. The lowest BCUT2D eigenvalue weighted by Gasteiger charge is -2.25. The molecule has 1 aliphatic rings. The Bertz CT molecular complexity index is 392. The van der Waals surface area contributed by atoms with E-state index in [1.807, 2.05) is 35.2 Å². The smallest absolute Gasteiger partial charge is 0.244 e. The predicted octanol–water partition coefficient (Wildman–Crippen LogP) is 2.76. The molecular weight excluding hydrogens is 260 g/mol. The molecular formula is C15H23ClN2O. The third kappa shape index (κ3) is 4.51. The van der Waals surface area contributed by atoms with Gasteiger partial charge in [-0.3, -0.25) is 4.79 Å². The average Bonchev–Trinajstić information content (AvgIpc) is 3.21. The number of hydrogen-bond donors (Lipinski definition) is 1. The van der Waals surface area contributed by atoms with Crippen LogP contribution in [0.25, 0.3) is 0 Å². The predicted molar refractivity (Wildman–Crippen MR) is 80.2 cm³/mol. The molecule has 1 atom stereocenters. The first-order valence-electron chi connectivity index (χ1n) is 6.81. The maximum atomic E-state index is 12.4. The summed E-state index contributed by atoms with van der Waals surface area (Å²) in [4.78, 5) is 14.3. The van der Waals surface area contributed by atoms with Crippen molar-refractivity contribution in [2.24, 2.45) is 11.7 Å². The monoisotopic (exact) mass is 282 g/mol. The van der Waals surface area contributed by atoms with Crippen LogP contribution in [0.2, 0.25) is 0 Å². The fraction of sp³-hybridized carbons (Fsp3) is 0.533. The van der Waals surface area contributed by atoms with Gasteiger partial charge in [0.05, 0.1) is 0 Å². The van der Waals surface area contributed by atoms with Crippen molar-refractivity contribution in [2.75, 3.05) is 13.1 Å². The van der Waals surface area contributed by atoms with Crippen molar-refractivity contribution in [1.82, 2.24) is 4.90 Å². The summed E-state index contributed by atoms with van der Waals surface area (Å²) in [5, 5.41) is 0. The lowest BCUT2D eigenvalue weighted by atomic mass is 10.1. The van der Waals surface area contributed by atoms with Crippen molar-refractivity contribution < 1.29 is 4.79 Å². The van der Waals surface area contributed by atoms with Gasteiger partial charge in [0.1, 0.15) is 6.04 Å². The van der Waals surface area contributed by atoms with Crippen LogP contribution in [-0.2, 0) is 4.79 Å². The molecule has 106 valence electrons. The number of carbonyl (C=O) groups is 1. The van der Waals surface area contributed by atoms with Crippen LogP contribution in [0, 0.1) is 5.92 Å². The maximum Gasteiger partial charge on any atom is 0.244 e. The van der Waals surface area contributed by atoms with Gasteiger partial charge in [0.15, 0.2) is 0 Å². The summed E-state index contributed by atoms with van der Waals surface area (Å²) in [7, 11) is 0. The number of benzene rings is 1. The molecule has 1 amide bonds. The largest absolute Gasteiger partial charge is 0.341 e. The van der Waals surface area contributed by atoms with Gasteiger partial charge in [-0.2, -0.15) is 0 Å². The van der Waals surface area contributed by atoms with Crippen molar-refractivity contribution in [3.8, 4) is 0 Å². The van der Waals surface area contributed by atoms with Gasteiger partial charge < -0.3 is 10.6 Å². The van der Waals surface area contributed by atoms with Crippen LogP contribution >= 0.6 is 12.4 Å². The summed E-state index contributed by atoms with van der Waals surface area (Å²) < 4.78 is 0. The Hall–Kier alpha value is -1.06. The highest BCUT2D eigenvalue weighted by Crippen LogP contribution is 2.30. The summed E-state index contributed by atoms with van der Waals surface area (Å²) in [5.74, 6) is 0.776. The average molecular weight is 283 g/mol. The van der Waals surface area contributed by atoms with Crippen LogP contribution in [0.5, 0.6) is 0 Å². The van der Waals surface area contributed by atoms with E-state index in [9.17, 15) is 4.79 Å². The van der Waals surface area contributed by atoms with Crippen LogP contribution < -0.4 is 5.73 Å². The number of halogens is 1. The number of nitrogens with two attached hydrogens (primary N) is 1. The van der Waals surface area contributed by atoms with Crippen molar-refractivity contribution in [2.45, 2.75) is 32.2 Å². The summed E-state index contributed by atoms with van der Waals surface area (Å²) in [6.07, 6.45) is 3.50. The number of carbonyl (C=O) groups excluding carboxylic acids is 1. The molecule has 0 spiro atoms. The molecule has 3 nitrogen and oxygen atoms in total. The normalized spacial score (nSPS) is 15.5. The molecule has 0 saturated heterocycles. The van der Waals surface area contributed by atoms with Gasteiger partial charge in [0, 0.05) is 13.1 Å². The molecule has 2 N–H and O–H groups in total. The fourth-order valence-corrected chi connectivity index (χ4v) is 2.17. The first kappa shape index (κ1) is 16.0. The molecule has 1 fully saturated rings. The van der Waals surface area contributed by atoms with E-state index in [0.717, 1.165) is 25.1 Å².